The second kappa shape index (κ2) is 10.5. The maximum Gasteiger partial charge on any atom is 0.307 e. The van der Waals surface area contributed by atoms with Gasteiger partial charge in [-0.3, -0.25) is 9.69 Å². The molecular formula is C25H26FNO2. The number of hydrogen-bond donors (Lipinski definition) is 0. The Kier molecular flexibility index (Phi) is 7.54. The Bertz CT molecular complexity index is 899. The zero-order valence-corrected chi connectivity index (χ0v) is 16.6. The fourth-order valence-corrected chi connectivity index (χ4v) is 3.50. The van der Waals surface area contributed by atoms with Gasteiger partial charge in [0.2, 0.25) is 0 Å². The van der Waals surface area contributed by atoms with E-state index in [2.05, 4.69) is 17.0 Å². The third-order valence-corrected chi connectivity index (χ3v) is 5.05. The molecule has 1 atom stereocenters. The van der Waals surface area contributed by atoms with E-state index in [0.29, 0.717) is 18.7 Å². The van der Waals surface area contributed by atoms with Crippen molar-refractivity contribution >= 4 is 5.97 Å². The first-order valence-corrected chi connectivity index (χ1v) is 9.80. The molecule has 0 aliphatic heterocycles. The molecule has 0 heterocycles. The van der Waals surface area contributed by atoms with E-state index in [1.54, 1.807) is 18.2 Å². The maximum atomic E-state index is 14.7. The lowest BCUT2D eigenvalue weighted by molar-refractivity contribution is -0.142. The molecule has 0 amide bonds. The summed E-state index contributed by atoms with van der Waals surface area (Å²) in [4.78, 5) is 14.3. The maximum absolute atomic E-state index is 14.7. The van der Waals surface area contributed by atoms with Gasteiger partial charge in [-0.05, 0) is 23.6 Å². The van der Waals surface area contributed by atoms with Gasteiger partial charge in [0, 0.05) is 24.7 Å². The summed E-state index contributed by atoms with van der Waals surface area (Å²) in [6.45, 7) is 1.30. The highest BCUT2D eigenvalue weighted by Gasteiger charge is 2.26. The zero-order valence-electron chi connectivity index (χ0n) is 16.6. The molecule has 0 aliphatic carbocycles. The number of benzene rings is 3. The summed E-state index contributed by atoms with van der Waals surface area (Å²) < 4.78 is 19.6. The van der Waals surface area contributed by atoms with Crippen molar-refractivity contribution in [2.45, 2.75) is 25.4 Å². The van der Waals surface area contributed by atoms with Gasteiger partial charge in [0.25, 0.3) is 0 Å². The molecule has 0 saturated heterocycles. The molecule has 1 unspecified atom stereocenters. The van der Waals surface area contributed by atoms with Crippen LogP contribution in [0.5, 0.6) is 0 Å². The summed E-state index contributed by atoms with van der Waals surface area (Å²) in [7, 11) is 1.37. The second-order valence-corrected chi connectivity index (χ2v) is 7.01. The van der Waals surface area contributed by atoms with Crippen molar-refractivity contribution in [3.63, 3.8) is 0 Å². The number of carbonyl (C=O) groups excluding carboxylic acids is 1. The van der Waals surface area contributed by atoms with Crippen molar-refractivity contribution in [2.24, 2.45) is 0 Å². The van der Waals surface area contributed by atoms with Crippen LogP contribution in [-0.2, 0) is 22.5 Å². The predicted octanol–water partition coefficient (Wildman–Crippen LogP) is 5.17. The Morgan fingerprint density at radius 3 is 2.10 bits per heavy atom. The molecule has 0 fully saturated rings. The lowest BCUT2D eigenvalue weighted by atomic mass is 9.99. The van der Waals surface area contributed by atoms with Crippen LogP contribution < -0.4 is 0 Å². The molecule has 150 valence electrons. The van der Waals surface area contributed by atoms with E-state index in [-0.39, 0.29) is 18.2 Å². The zero-order chi connectivity index (χ0) is 20.5. The van der Waals surface area contributed by atoms with Crippen molar-refractivity contribution in [3.05, 3.63) is 107 Å². The molecule has 0 spiro atoms. The Labute approximate surface area is 171 Å². The van der Waals surface area contributed by atoms with Crippen molar-refractivity contribution in [1.29, 1.82) is 0 Å². The first-order valence-electron chi connectivity index (χ1n) is 9.80. The molecule has 0 aliphatic rings. The molecule has 3 aromatic rings. The van der Waals surface area contributed by atoms with E-state index < -0.39 is 6.04 Å². The Hall–Kier alpha value is -2.98. The van der Waals surface area contributed by atoms with Gasteiger partial charge in [0.05, 0.1) is 13.5 Å². The standard InChI is InChI=1S/C25H26FNO2/c1-29-25(28)18-24(22-14-8-9-15-23(22)26)27(19-21-12-6-3-7-13-21)17-16-20-10-4-2-5-11-20/h2-15,24H,16-19H2,1H3. The van der Waals surface area contributed by atoms with E-state index in [1.165, 1.54) is 18.7 Å². The van der Waals surface area contributed by atoms with Crippen molar-refractivity contribution in [3.8, 4) is 0 Å². The normalized spacial score (nSPS) is 12.0. The average Bonchev–Trinajstić information content (AvgIpc) is 2.77. The summed E-state index contributed by atoms with van der Waals surface area (Å²) in [6, 6.07) is 26.5. The first-order chi connectivity index (χ1) is 14.2. The Morgan fingerprint density at radius 1 is 0.897 bits per heavy atom. The number of methoxy groups -OCH3 is 1. The van der Waals surface area contributed by atoms with Crippen LogP contribution >= 0.6 is 0 Å². The molecule has 0 radical (unpaired) electrons. The molecule has 3 rings (SSSR count). The third kappa shape index (κ3) is 6.00. The van der Waals surface area contributed by atoms with E-state index in [1.807, 2.05) is 48.5 Å². The minimum absolute atomic E-state index is 0.0963. The van der Waals surface area contributed by atoms with Gasteiger partial charge < -0.3 is 4.74 Å². The van der Waals surface area contributed by atoms with Gasteiger partial charge in [-0.2, -0.15) is 0 Å². The van der Waals surface area contributed by atoms with Crippen LogP contribution in [0, 0.1) is 5.82 Å². The van der Waals surface area contributed by atoms with Crippen LogP contribution in [0.2, 0.25) is 0 Å². The highest BCUT2D eigenvalue weighted by atomic mass is 19.1. The molecule has 0 bridgehead atoms. The van der Waals surface area contributed by atoms with Crippen LogP contribution in [0.4, 0.5) is 4.39 Å². The molecule has 4 heteroatoms. The number of rotatable bonds is 9. The number of nitrogens with zero attached hydrogens (tertiary/aromatic N) is 1. The summed E-state index contributed by atoms with van der Waals surface area (Å²) in [5, 5.41) is 0. The summed E-state index contributed by atoms with van der Waals surface area (Å²) in [5.74, 6) is -0.657. The largest absolute Gasteiger partial charge is 0.469 e. The topological polar surface area (TPSA) is 29.5 Å². The van der Waals surface area contributed by atoms with Crippen LogP contribution in [0.25, 0.3) is 0 Å². The highest BCUT2D eigenvalue weighted by molar-refractivity contribution is 5.70. The summed E-state index contributed by atoms with van der Waals surface area (Å²) >= 11 is 0. The number of carbonyl (C=O) groups is 1. The van der Waals surface area contributed by atoms with Gasteiger partial charge in [0.1, 0.15) is 5.82 Å². The van der Waals surface area contributed by atoms with Crippen molar-refractivity contribution < 1.29 is 13.9 Å². The monoisotopic (exact) mass is 391 g/mol. The molecule has 29 heavy (non-hydrogen) atoms. The number of esters is 1. The van der Waals surface area contributed by atoms with Gasteiger partial charge in [-0.25, -0.2) is 4.39 Å². The molecule has 3 nitrogen and oxygen atoms in total. The van der Waals surface area contributed by atoms with E-state index in [0.717, 1.165) is 12.0 Å². The predicted molar refractivity (Wildman–Crippen MR) is 113 cm³/mol. The van der Waals surface area contributed by atoms with Crippen LogP contribution in [0.3, 0.4) is 0 Å². The average molecular weight is 391 g/mol. The number of ether oxygens (including phenoxy) is 1. The summed E-state index contributed by atoms with van der Waals surface area (Å²) in [6.07, 6.45) is 0.902. The molecule has 0 saturated carbocycles. The van der Waals surface area contributed by atoms with Gasteiger partial charge in [0.15, 0.2) is 0 Å². The molecule has 0 aromatic heterocycles. The van der Waals surface area contributed by atoms with Crippen LogP contribution in [0.15, 0.2) is 84.9 Å². The Balaban J connectivity index is 1.91. The number of hydrogen-bond acceptors (Lipinski definition) is 3. The molecular weight excluding hydrogens is 365 g/mol. The smallest absolute Gasteiger partial charge is 0.307 e. The third-order valence-electron chi connectivity index (χ3n) is 5.05. The SMILES string of the molecule is COC(=O)CC(c1ccccc1F)N(CCc1ccccc1)Cc1ccccc1. The van der Waals surface area contributed by atoms with Crippen LogP contribution in [0.1, 0.15) is 29.2 Å². The fourth-order valence-electron chi connectivity index (χ4n) is 3.50. The quantitative estimate of drug-likeness (QED) is 0.471. The second-order valence-electron chi connectivity index (χ2n) is 7.01. The highest BCUT2D eigenvalue weighted by Crippen LogP contribution is 2.29. The molecule has 3 aromatic carbocycles. The molecule has 0 N–H and O–H groups in total. The minimum Gasteiger partial charge on any atom is -0.469 e. The van der Waals surface area contributed by atoms with Gasteiger partial charge >= 0.3 is 5.97 Å². The first kappa shape index (κ1) is 20.7. The lowest BCUT2D eigenvalue weighted by Crippen LogP contribution is -2.33. The minimum atomic E-state index is -0.410. The lowest BCUT2D eigenvalue weighted by Gasteiger charge is -2.32. The fraction of sp³-hybridized carbons (Fsp3) is 0.240. The van der Waals surface area contributed by atoms with Crippen molar-refractivity contribution in [2.75, 3.05) is 13.7 Å². The van der Waals surface area contributed by atoms with Crippen LogP contribution in [-0.4, -0.2) is 24.5 Å². The van der Waals surface area contributed by atoms with E-state index in [9.17, 15) is 9.18 Å². The van der Waals surface area contributed by atoms with E-state index in [4.69, 9.17) is 4.74 Å². The van der Waals surface area contributed by atoms with Gasteiger partial charge in [-0.15, -0.1) is 0 Å². The van der Waals surface area contributed by atoms with Crippen molar-refractivity contribution in [1.82, 2.24) is 4.90 Å². The Morgan fingerprint density at radius 2 is 1.48 bits per heavy atom. The number of halogens is 1. The summed E-state index contributed by atoms with van der Waals surface area (Å²) in [5.41, 5.74) is 2.84. The van der Waals surface area contributed by atoms with Gasteiger partial charge in [-0.1, -0.05) is 78.9 Å². The van der Waals surface area contributed by atoms with E-state index >= 15 is 0 Å².